The molecular weight excluding hydrogens is 360 g/mol. The molecule has 0 fully saturated rings. The van der Waals surface area contributed by atoms with E-state index >= 15 is 0 Å². The van der Waals surface area contributed by atoms with Crippen molar-refractivity contribution in [2.75, 3.05) is 37.6 Å². The molecule has 1 N–H and O–H groups in total. The molecule has 0 aromatic heterocycles. The van der Waals surface area contributed by atoms with Gasteiger partial charge in [-0.15, -0.1) is 0 Å². The van der Waals surface area contributed by atoms with E-state index in [1.165, 1.54) is 18.9 Å². The summed E-state index contributed by atoms with van der Waals surface area (Å²) < 4.78 is 16.0. The van der Waals surface area contributed by atoms with Gasteiger partial charge in [0.2, 0.25) is 11.8 Å². The van der Waals surface area contributed by atoms with Gasteiger partial charge in [-0.25, -0.2) is 0 Å². The molecule has 0 heterocycles. The lowest BCUT2D eigenvalue weighted by Crippen LogP contribution is -2.32. The largest absolute Gasteiger partial charge is 0.493 e. The number of ether oxygens (including phenoxy) is 3. The Morgan fingerprint density at radius 1 is 1.00 bits per heavy atom. The zero-order valence-corrected chi connectivity index (χ0v) is 16.7. The van der Waals surface area contributed by atoms with Gasteiger partial charge in [-0.3, -0.25) is 9.59 Å². The summed E-state index contributed by atoms with van der Waals surface area (Å²) in [6.45, 7) is 4.07. The Labute approximate surface area is 165 Å². The van der Waals surface area contributed by atoms with E-state index < -0.39 is 0 Å². The number of nitrogens with zero attached hydrogens (tertiary/aromatic N) is 1. The van der Waals surface area contributed by atoms with E-state index in [0.717, 1.165) is 0 Å². The van der Waals surface area contributed by atoms with Crippen LogP contribution in [0.1, 0.15) is 20.3 Å². The molecule has 0 radical (unpaired) electrons. The molecule has 28 heavy (non-hydrogen) atoms. The summed E-state index contributed by atoms with van der Waals surface area (Å²) in [5.74, 6) is 1.32. The minimum absolute atomic E-state index is 0.133. The van der Waals surface area contributed by atoms with Crippen molar-refractivity contribution in [3.05, 3.63) is 42.5 Å². The fourth-order valence-electron chi connectivity index (χ4n) is 2.74. The lowest BCUT2D eigenvalue weighted by Gasteiger charge is -2.22. The van der Waals surface area contributed by atoms with Gasteiger partial charge in [-0.1, -0.05) is 12.1 Å². The van der Waals surface area contributed by atoms with Crippen molar-refractivity contribution in [2.24, 2.45) is 0 Å². The van der Waals surface area contributed by atoms with E-state index in [-0.39, 0.29) is 24.8 Å². The van der Waals surface area contributed by atoms with Gasteiger partial charge >= 0.3 is 0 Å². The highest BCUT2D eigenvalue weighted by Crippen LogP contribution is 2.31. The maximum atomic E-state index is 12.4. The molecule has 0 saturated heterocycles. The number of hydrogen-bond donors (Lipinski definition) is 1. The molecule has 7 nitrogen and oxygen atoms in total. The van der Waals surface area contributed by atoms with E-state index in [1.807, 2.05) is 19.1 Å². The Morgan fingerprint density at radius 3 is 2.36 bits per heavy atom. The van der Waals surface area contributed by atoms with Crippen molar-refractivity contribution in [3.8, 4) is 17.2 Å². The number of hydrogen-bond acceptors (Lipinski definition) is 5. The van der Waals surface area contributed by atoms with E-state index in [2.05, 4.69) is 5.32 Å². The molecule has 0 atom stereocenters. The highest BCUT2D eigenvalue weighted by atomic mass is 16.5. The first-order valence-corrected chi connectivity index (χ1v) is 9.02. The molecule has 0 aliphatic rings. The molecule has 2 amide bonds. The van der Waals surface area contributed by atoms with Crippen LogP contribution < -0.4 is 24.4 Å². The standard InChI is InChI=1S/C21H26N2O5/c1-5-28-18-9-7-6-8-17(18)22-21(25)12-13-23(15(2)24)16-10-11-19(26-3)20(14-16)27-4/h6-11,14H,5,12-13H2,1-4H3,(H,22,25). The molecule has 7 heteroatoms. The van der Waals surface area contributed by atoms with Crippen LogP contribution in [0.2, 0.25) is 0 Å². The molecule has 0 spiro atoms. The van der Waals surface area contributed by atoms with E-state index in [9.17, 15) is 9.59 Å². The van der Waals surface area contributed by atoms with Crippen molar-refractivity contribution in [2.45, 2.75) is 20.3 Å². The predicted octanol–water partition coefficient (Wildman–Crippen LogP) is 3.48. The second kappa shape index (κ2) is 10.2. The molecule has 0 bridgehead atoms. The zero-order valence-electron chi connectivity index (χ0n) is 16.7. The maximum absolute atomic E-state index is 12.4. The Hall–Kier alpha value is -3.22. The van der Waals surface area contributed by atoms with Crippen LogP contribution in [0.15, 0.2) is 42.5 Å². The Kier molecular flexibility index (Phi) is 7.68. The van der Waals surface area contributed by atoms with Gasteiger partial charge < -0.3 is 24.4 Å². The summed E-state index contributed by atoms with van der Waals surface area (Å²) in [5, 5.41) is 2.84. The summed E-state index contributed by atoms with van der Waals surface area (Å²) in [5.41, 5.74) is 1.24. The topological polar surface area (TPSA) is 77.1 Å². The van der Waals surface area contributed by atoms with E-state index in [0.29, 0.717) is 35.2 Å². The first-order valence-electron chi connectivity index (χ1n) is 9.02. The van der Waals surface area contributed by atoms with Gasteiger partial charge in [0.15, 0.2) is 11.5 Å². The molecule has 0 aliphatic carbocycles. The molecule has 2 aromatic rings. The normalized spacial score (nSPS) is 10.1. The highest BCUT2D eigenvalue weighted by molar-refractivity contribution is 5.95. The van der Waals surface area contributed by atoms with Crippen LogP contribution in [0, 0.1) is 0 Å². The first-order chi connectivity index (χ1) is 13.5. The number of amides is 2. The summed E-state index contributed by atoms with van der Waals surface area (Å²) >= 11 is 0. The van der Waals surface area contributed by atoms with Crippen LogP contribution in [0.5, 0.6) is 17.2 Å². The van der Waals surface area contributed by atoms with Gasteiger partial charge in [0.25, 0.3) is 0 Å². The molecule has 0 aliphatic heterocycles. The summed E-state index contributed by atoms with van der Waals surface area (Å²) in [6.07, 6.45) is 0.133. The molecule has 150 valence electrons. The van der Waals surface area contributed by atoms with Crippen molar-refractivity contribution < 1.29 is 23.8 Å². The minimum Gasteiger partial charge on any atom is -0.493 e. The van der Waals surface area contributed by atoms with E-state index in [1.54, 1.807) is 37.4 Å². The van der Waals surface area contributed by atoms with Crippen LogP contribution in [0.3, 0.4) is 0 Å². The summed E-state index contributed by atoms with van der Waals surface area (Å²) in [6, 6.07) is 12.4. The van der Waals surface area contributed by atoms with Crippen molar-refractivity contribution in [3.63, 3.8) is 0 Å². The van der Waals surface area contributed by atoms with Gasteiger partial charge in [0.1, 0.15) is 5.75 Å². The fourth-order valence-corrected chi connectivity index (χ4v) is 2.74. The Balaban J connectivity index is 2.08. The van der Waals surface area contributed by atoms with Crippen LogP contribution in [0.4, 0.5) is 11.4 Å². The fraction of sp³-hybridized carbons (Fsp3) is 0.333. The van der Waals surface area contributed by atoms with Crippen LogP contribution in [-0.2, 0) is 9.59 Å². The maximum Gasteiger partial charge on any atom is 0.226 e. The zero-order chi connectivity index (χ0) is 20.5. The number of methoxy groups -OCH3 is 2. The Bertz CT molecular complexity index is 822. The summed E-state index contributed by atoms with van der Waals surface area (Å²) in [4.78, 5) is 26.0. The number of nitrogens with one attached hydrogen (secondary N) is 1. The van der Waals surface area contributed by atoms with Gasteiger partial charge in [-0.2, -0.15) is 0 Å². The molecule has 0 unspecified atom stereocenters. The van der Waals surface area contributed by atoms with Crippen molar-refractivity contribution in [1.29, 1.82) is 0 Å². The van der Waals surface area contributed by atoms with Crippen LogP contribution >= 0.6 is 0 Å². The van der Waals surface area contributed by atoms with Crippen molar-refractivity contribution >= 4 is 23.2 Å². The first kappa shape index (κ1) is 21.1. The van der Waals surface area contributed by atoms with Crippen LogP contribution in [-0.4, -0.2) is 39.2 Å². The lowest BCUT2D eigenvalue weighted by atomic mass is 10.2. The van der Waals surface area contributed by atoms with Gasteiger partial charge in [0, 0.05) is 31.6 Å². The Morgan fingerprint density at radius 2 is 1.71 bits per heavy atom. The number of rotatable bonds is 9. The average Bonchev–Trinajstić information content (AvgIpc) is 2.69. The number of para-hydroxylation sites is 2. The number of benzene rings is 2. The monoisotopic (exact) mass is 386 g/mol. The molecule has 2 aromatic carbocycles. The van der Waals surface area contributed by atoms with Crippen molar-refractivity contribution in [1.82, 2.24) is 0 Å². The third-order valence-electron chi connectivity index (χ3n) is 4.08. The molecule has 2 rings (SSSR count). The predicted molar refractivity (Wildman–Crippen MR) is 108 cm³/mol. The minimum atomic E-state index is -0.209. The lowest BCUT2D eigenvalue weighted by molar-refractivity contribution is -0.117. The smallest absolute Gasteiger partial charge is 0.226 e. The number of anilines is 2. The second-order valence-corrected chi connectivity index (χ2v) is 5.94. The summed E-state index contributed by atoms with van der Waals surface area (Å²) in [7, 11) is 3.08. The third kappa shape index (κ3) is 5.39. The molecule has 0 saturated carbocycles. The third-order valence-corrected chi connectivity index (χ3v) is 4.08. The molecular formula is C21H26N2O5. The SMILES string of the molecule is CCOc1ccccc1NC(=O)CCN(C(C)=O)c1ccc(OC)c(OC)c1. The van der Waals surface area contributed by atoms with Gasteiger partial charge in [-0.05, 0) is 31.2 Å². The van der Waals surface area contributed by atoms with E-state index in [4.69, 9.17) is 14.2 Å². The van der Waals surface area contributed by atoms with Crippen LogP contribution in [0.25, 0.3) is 0 Å². The highest BCUT2D eigenvalue weighted by Gasteiger charge is 2.16. The number of carbonyl (C=O) groups excluding carboxylic acids is 2. The van der Waals surface area contributed by atoms with Gasteiger partial charge in [0.05, 0.1) is 26.5 Å². The number of carbonyl (C=O) groups is 2. The average molecular weight is 386 g/mol. The second-order valence-electron chi connectivity index (χ2n) is 5.94. The quantitative estimate of drug-likeness (QED) is 0.714.